The molecule has 17 aromatic carbocycles. The van der Waals surface area contributed by atoms with Crippen LogP contribution in [0.5, 0.6) is 0 Å². The van der Waals surface area contributed by atoms with E-state index in [0.717, 1.165) is 55.2 Å². The summed E-state index contributed by atoms with van der Waals surface area (Å²) in [5.41, 5.74) is 6.76. The molecule has 0 aliphatic carbocycles. The van der Waals surface area contributed by atoms with Gasteiger partial charge in [0.2, 0.25) is 5.78 Å². The lowest BCUT2D eigenvalue weighted by atomic mass is 10.1. The van der Waals surface area contributed by atoms with E-state index in [4.69, 9.17) is 15.0 Å². The highest BCUT2D eigenvalue weighted by atomic mass is 32.3. The van der Waals surface area contributed by atoms with E-state index in [1.165, 1.54) is 81.8 Å². The van der Waals surface area contributed by atoms with Crippen LogP contribution in [0.15, 0.2) is 493 Å². The highest BCUT2D eigenvalue weighted by Gasteiger charge is 2.46. The monoisotopic (exact) mass is 1560 g/mol. The zero-order valence-electron chi connectivity index (χ0n) is 64.1. The number of fused-ring (bicyclic) bond motifs is 8. The van der Waals surface area contributed by atoms with Gasteiger partial charge in [-0.1, -0.05) is 382 Å². The summed E-state index contributed by atoms with van der Waals surface area (Å²) in [4.78, 5) is 22.7. The average Bonchev–Trinajstić information content (AvgIpc) is 1.60. The highest BCUT2D eigenvalue weighted by molar-refractivity contribution is 8.34. The van der Waals surface area contributed by atoms with Crippen LogP contribution in [0.25, 0.3) is 72.7 Å². The Morgan fingerprint density at radius 3 is 0.855 bits per heavy atom. The fourth-order valence-corrected chi connectivity index (χ4v) is 37.3. The van der Waals surface area contributed by atoms with E-state index in [2.05, 4.69) is 487 Å². The van der Waals surface area contributed by atoms with Crippen LogP contribution in [-0.2, 0) is 0 Å². The molecular weight excluding hydrogens is 1490 g/mol. The van der Waals surface area contributed by atoms with Crippen molar-refractivity contribution >= 4 is 146 Å². The molecular formula is C107H78N6SSi3. The first-order valence-corrected chi connectivity index (χ1v) is 47.7. The van der Waals surface area contributed by atoms with Gasteiger partial charge in [-0.3, -0.25) is 13.5 Å². The maximum atomic E-state index is 5.94. The van der Waals surface area contributed by atoms with Crippen LogP contribution in [0.2, 0.25) is 0 Å². The molecule has 4 heterocycles. The molecule has 4 aromatic heterocycles. The predicted molar refractivity (Wildman–Crippen MR) is 496 cm³/mol. The molecule has 0 radical (unpaired) electrons. The van der Waals surface area contributed by atoms with Crippen LogP contribution in [0, 0.1) is 0 Å². The van der Waals surface area contributed by atoms with Crippen molar-refractivity contribution < 1.29 is 0 Å². The molecule has 554 valence electrons. The van der Waals surface area contributed by atoms with Gasteiger partial charge in [0.05, 0.1) is 33.1 Å². The first-order valence-electron chi connectivity index (χ1n) is 40.0. The van der Waals surface area contributed by atoms with Gasteiger partial charge in [0.25, 0.3) is 0 Å². The predicted octanol–water partition coefficient (Wildman–Crippen LogP) is 17.5. The largest absolute Gasteiger partial charge is 0.294 e. The van der Waals surface area contributed by atoms with Gasteiger partial charge < -0.3 is 0 Å². The number of rotatable bonds is 19. The zero-order chi connectivity index (χ0) is 77.8. The second-order valence-corrected chi connectivity index (χ2v) is 44.6. The van der Waals surface area contributed by atoms with Crippen LogP contribution in [0.3, 0.4) is 0 Å². The quantitative estimate of drug-likeness (QED) is 0.0599. The third kappa shape index (κ3) is 11.5. The van der Waals surface area contributed by atoms with Crippen LogP contribution < -0.4 is 62.2 Å². The van der Waals surface area contributed by atoms with Crippen molar-refractivity contribution in [2.75, 3.05) is 0 Å². The summed E-state index contributed by atoms with van der Waals surface area (Å²) in [6.07, 6.45) is 0. The Kier molecular flexibility index (Phi) is 18.0. The Balaban J connectivity index is 0.886. The van der Waals surface area contributed by atoms with Crippen LogP contribution >= 0.6 is 10.0 Å². The minimum absolute atomic E-state index is 0.582. The number of aromatic nitrogens is 6. The molecule has 0 bridgehead atoms. The molecule has 0 unspecified atom stereocenters. The second-order valence-electron chi connectivity index (χ2n) is 30.1. The summed E-state index contributed by atoms with van der Waals surface area (Å²) in [5, 5.41) is 17.7. The topological polar surface area (TPSA) is 52.9 Å². The molecule has 0 aliphatic rings. The van der Waals surface area contributed by atoms with E-state index in [9.17, 15) is 0 Å². The molecule has 0 amide bonds. The minimum Gasteiger partial charge on any atom is -0.294 e. The first kappa shape index (κ1) is 70.7. The molecule has 0 N–H and O–H groups in total. The Morgan fingerprint density at radius 2 is 0.487 bits per heavy atom. The van der Waals surface area contributed by atoms with Crippen molar-refractivity contribution in [2.24, 2.45) is 0 Å². The summed E-state index contributed by atoms with van der Waals surface area (Å²) in [7, 11) is -11.6. The average molecular weight is 1560 g/mol. The maximum absolute atomic E-state index is 5.94. The van der Waals surface area contributed by atoms with E-state index in [0.29, 0.717) is 17.5 Å². The van der Waals surface area contributed by atoms with Crippen molar-refractivity contribution in [3.8, 4) is 23.0 Å². The van der Waals surface area contributed by atoms with Crippen molar-refractivity contribution in [3.63, 3.8) is 0 Å². The van der Waals surface area contributed by atoms with Crippen LogP contribution in [0.4, 0.5) is 0 Å². The Labute approximate surface area is 685 Å². The summed E-state index contributed by atoms with van der Waals surface area (Å²) in [6.45, 7) is 0. The van der Waals surface area contributed by atoms with Crippen molar-refractivity contribution in [3.05, 3.63) is 473 Å². The number of nitrogens with zero attached hydrogens (tertiary/aromatic N) is 6. The zero-order valence-corrected chi connectivity index (χ0v) is 67.9. The van der Waals surface area contributed by atoms with E-state index < -0.39 is 34.2 Å². The number of benzene rings is 17. The lowest BCUT2D eigenvalue weighted by Gasteiger charge is -2.42. The number of hydrogen-bond acceptors (Lipinski definition) is 3. The van der Waals surface area contributed by atoms with E-state index in [1.807, 2.05) is 0 Å². The van der Waals surface area contributed by atoms with Crippen LogP contribution in [-0.4, -0.2) is 52.7 Å². The van der Waals surface area contributed by atoms with Gasteiger partial charge >= 0.3 is 0 Å². The Morgan fingerprint density at radius 1 is 0.197 bits per heavy atom. The molecule has 117 heavy (non-hydrogen) atoms. The maximum Gasteiger partial charge on any atom is 0.221 e. The van der Waals surface area contributed by atoms with Gasteiger partial charge in [-0.2, -0.15) is 0 Å². The normalized spacial score (nSPS) is 12.2. The fourth-order valence-electron chi connectivity index (χ4n) is 19.1. The molecule has 0 spiro atoms. The highest BCUT2D eigenvalue weighted by Crippen LogP contribution is 2.73. The van der Waals surface area contributed by atoms with E-state index >= 15 is 0 Å². The SMILES string of the molecule is c1ccc(-c2nc(-n3c4ccc([Si](c5ccccc5)(c5ccccc5)c5ccccc5)cc4c4cc(S(c5ccccc5)(c5ccccc5)c5ccccc5)ccc43)cc(-n3c4ccc([Si](c5ccccc5)(c5ccccc5)c5ccccc5)cc4n4c5cc([Si](c6ccccc6)(c6ccccc6)c6ccccc6)ccc5nc34)n2)cc1. The van der Waals surface area contributed by atoms with E-state index in [-0.39, 0.29) is 0 Å². The Hall–Kier alpha value is -14.1. The lowest BCUT2D eigenvalue weighted by molar-refractivity contribution is 0.980. The standard InChI is InChI=1S/C107H78N6SSi3/c1-14-40-79(41-15-1)106-109-104(111-99-71-66-83(114(80-42-16-2-17-43-80,81-44-18-3-19-45-81)82-46-20-4-21-47-82)74-96(99)97-75-93(68-72-100(97)111)115(84-48-22-5-23-49-84,85-50-24-6-25-51-85)86-52-26-7-27-53-86)78-105(110-106)113-101-73-69-95(117(90-60-34-11-35-61-90,91-62-36-12-37-63-91)92-64-38-13-39-65-92)77-103(101)112-102-76-94(67-70-98(102)108-107(112)113)116(87-54-28-8-29-55-87,88-56-30-9-31-57-88)89-58-32-10-33-59-89/h1-78H. The lowest BCUT2D eigenvalue weighted by Crippen LogP contribution is -2.74. The third-order valence-electron chi connectivity index (χ3n) is 24.0. The molecule has 0 fully saturated rings. The van der Waals surface area contributed by atoms with Gasteiger partial charge in [0.1, 0.15) is 11.6 Å². The molecule has 10 heteroatoms. The molecule has 6 nitrogen and oxygen atoms in total. The minimum atomic E-state index is -3.16. The second kappa shape index (κ2) is 29.7. The van der Waals surface area contributed by atoms with Gasteiger partial charge in [0.15, 0.2) is 30.0 Å². The van der Waals surface area contributed by atoms with Crippen molar-refractivity contribution in [2.45, 2.75) is 19.6 Å². The number of hydrogen-bond donors (Lipinski definition) is 0. The summed E-state index contributed by atoms with van der Waals surface area (Å²) in [6, 6.07) is 177. The van der Waals surface area contributed by atoms with E-state index in [1.54, 1.807) is 0 Å². The summed E-state index contributed by atoms with van der Waals surface area (Å²) >= 11 is 0. The van der Waals surface area contributed by atoms with Gasteiger partial charge in [0, 0.05) is 42.0 Å². The molecule has 21 rings (SSSR count). The first-order chi connectivity index (χ1) is 58.0. The summed E-state index contributed by atoms with van der Waals surface area (Å²) < 4.78 is 7.20. The fraction of sp³-hybridized carbons (Fsp3) is 0. The van der Waals surface area contributed by atoms with Crippen LogP contribution in [0.1, 0.15) is 0 Å². The molecule has 0 aliphatic heterocycles. The summed E-state index contributed by atoms with van der Waals surface area (Å²) in [5.74, 6) is 2.71. The third-order valence-corrected chi connectivity index (χ3v) is 42.2. The molecule has 0 saturated heterocycles. The molecule has 0 saturated carbocycles. The smallest absolute Gasteiger partial charge is 0.221 e. The molecule has 0 atom stereocenters. The van der Waals surface area contributed by atoms with Crippen molar-refractivity contribution in [1.82, 2.24) is 28.5 Å². The Bertz CT molecular complexity index is 6570. The van der Waals surface area contributed by atoms with Gasteiger partial charge in [-0.15, -0.1) is 10.0 Å². The van der Waals surface area contributed by atoms with Crippen molar-refractivity contribution in [1.29, 1.82) is 0 Å². The molecule has 21 aromatic rings. The number of imidazole rings is 2. The van der Waals surface area contributed by atoms with Gasteiger partial charge in [-0.05, 0) is 147 Å². The van der Waals surface area contributed by atoms with Gasteiger partial charge in [-0.25, -0.2) is 15.0 Å².